The van der Waals surface area contributed by atoms with E-state index in [-0.39, 0.29) is 0 Å². The van der Waals surface area contributed by atoms with E-state index in [0.717, 1.165) is 45.8 Å². The maximum absolute atomic E-state index is 9.92. The van der Waals surface area contributed by atoms with Gasteiger partial charge in [-0.05, 0) is 55.1 Å². The zero-order valence-electron chi connectivity index (χ0n) is 17.7. The van der Waals surface area contributed by atoms with Gasteiger partial charge in [0.2, 0.25) is 0 Å². The molecule has 1 aliphatic rings. The van der Waals surface area contributed by atoms with Gasteiger partial charge in [0.1, 0.15) is 6.26 Å². The molecule has 0 aliphatic carbocycles. The SMILES string of the molecule is C[S+](O)c1cccc(-c2cnn3cc(-c4ccc(CCN5CCCC5)cc4)cnc23)c1. The molecule has 1 unspecified atom stereocenters. The Bertz CT molecular complexity index is 1180. The third-order valence-corrected chi connectivity index (χ3v) is 6.98. The van der Waals surface area contributed by atoms with E-state index in [1.165, 1.54) is 31.5 Å². The molecule has 0 radical (unpaired) electrons. The average Bonchev–Trinajstić information content (AvgIpc) is 3.47. The predicted octanol–water partition coefficient (Wildman–Crippen LogP) is 4.78. The number of hydrogen-bond donors (Lipinski definition) is 1. The molecule has 2 aromatic heterocycles. The molecule has 0 spiro atoms. The van der Waals surface area contributed by atoms with E-state index < -0.39 is 11.2 Å². The van der Waals surface area contributed by atoms with Gasteiger partial charge in [-0.15, -0.1) is 0 Å². The lowest BCUT2D eigenvalue weighted by Gasteiger charge is -2.14. The summed E-state index contributed by atoms with van der Waals surface area (Å²) in [7, 11) is 0. The van der Waals surface area contributed by atoms with Crippen molar-refractivity contribution in [2.24, 2.45) is 0 Å². The number of fused-ring (bicyclic) bond motifs is 1. The standard InChI is InChI=1S/C25H27N4OS/c1-31(30)23-6-4-5-21(15-23)24-17-27-29-18-22(16-26-25(24)29)20-9-7-19(8-10-20)11-14-28-12-2-3-13-28/h4-10,15-18,30H,2-3,11-14H2,1H3/q+1. The molecule has 31 heavy (non-hydrogen) atoms. The van der Waals surface area contributed by atoms with Crippen LogP contribution in [-0.2, 0) is 17.6 Å². The van der Waals surface area contributed by atoms with Gasteiger partial charge >= 0.3 is 0 Å². The summed E-state index contributed by atoms with van der Waals surface area (Å²) in [6.45, 7) is 3.65. The van der Waals surface area contributed by atoms with Crippen molar-refractivity contribution in [1.82, 2.24) is 19.5 Å². The van der Waals surface area contributed by atoms with Crippen LogP contribution in [0.5, 0.6) is 0 Å². The highest BCUT2D eigenvalue weighted by molar-refractivity contribution is 7.90. The predicted molar refractivity (Wildman–Crippen MR) is 127 cm³/mol. The maximum atomic E-state index is 9.92. The molecule has 5 nitrogen and oxygen atoms in total. The van der Waals surface area contributed by atoms with Crippen LogP contribution in [0.3, 0.4) is 0 Å². The van der Waals surface area contributed by atoms with Crippen molar-refractivity contribution in [2.45, 2.75) is 24.2 Å². The van der Waals surface area contributed by atoms with Crippen LogP contribution in [0.1, 0.15) is 18.4 Å². The van der Waals surface area contributed by atoms with Gasteiger partial charge in [0.15, 0.2) is 21.7 Å². The lowest BCUT2D eigenvalue weighted by atomic mass is 10.0. The molecule has 5 rings (SSSR count). The highest BCUT2D eigenvalue weighted by Gasteiger charge is 2.16. The number of rotatable bonds is 6. The van der Waals surface area contributed by atoms with E-state index in [9.17, 15) is 4.55 Å². The molecule has 3 heterocycles. The molecule has 1 N–H and O–H groups in total. The normalized spacial score (nSPS) is 15.5. The quantitative estimate of drug-likeness (QED) is 0.446. The van der Waals surface area contributed by atoms with Crippen LogP contribution in [0.25, 0.3) is 27.9 Å². The topological polar surface area (TPSA) is 53.7 Å². The van der Waals surface area contributed by atoms with Crippen molar-refractivity contribution in [3.63, 3.8) is 0 Å². The summed E-state index contributed by atoms with van der Waals surface area (Å²) in [4.78, 5) is 8.18. The fraction of sp³-hybridized carbons (Fsp3) is 0.280. The number of likely N-dealkylation sites (tertiary alicyclic amines) is 1. The Balaban J connectivity index is 1.36. The minimum Gasteiger partial charge on any atom is -0.303 e. The lowest BCUT2D eigenvalue weighted by Crippen LogP contribution is -2.21. The van der Waals surface area contributed by atoms with Gasteiger partial charge in [-0.1, -0.05) is 36.4 Å². The van der Waals surface area contributed by atoms with Crippen LogP contribution in [0.4, 0.5) is 0 Å². The number of benzene rings is 2. The van der Waals surface area contributed by atoms with Crippen molar-refractivity contribution in [2.75, 3.05) is 25.9 Å². The highest BCUT2D eigenvalue weighted by Crippen LogP contribution is 2.27. The molecule has 1 saturated heterocycles. The molecule has 1 atom stereocenters. The van der Waals surface area contributed by atoms with Crippen molar-refractivity contribution in [1.29, 1.82) is 0 Å². The number of nitrogens with zero attached hydrogens (tertiary/aromatic N) is 4. The molecule has 2 aromatic carbocycles. The minimum absolute atomic E-state index is 0.768. The van der Waals surface area contributed by atoms with Gasteiger partial charge in [-0.2, -0.15) is 9.65 Å². The van der Waals surface area contributed by atoms with Crippen LogP contribution < -0.4 is 0 Å². The van der Waals surface area contributed by atoms with Gasteiger partial charge in [0.25, 0.3) is 0 Å². The van der Waals surface area contributed by atoms with Gasteiger partial charge in [-0.3, -0.25) is 0 Å². The Morgan fingerprint density at radius 2 is 1.77 bits per heavy atom. The molecule has 6 heteroatoms. The molecule has 4 aromatic rings. The first kappa shape index (κ1) is 20.2. The first-order chi connectivity index (χ1) is 15.2. The summed E-state index contributed by atoms with van der Waals surface area (Å²) in [5.41, 5.74) is 6.38. The molecule has 1 aliphatic heterocycles. The summed E-state index contributed by atoms with van der Waals surface area (Å²) in [6, 6.07) is 16.8. The van der Waals surface area contributed by atoms with Crippen LogP contribution in [0.15, 0.2) is 72.0 Å². The van der Waals surface area contributed by atoms with Crippen LogP contribution in [0, 0.1) is 0 Å². The van der Waals surface area contributed by atoms with E-state index in [0.29, 0.717) is 0 Å². The zero-order valence-corrected chi connectivity index (χ0v) is 18.6. The lowest BCUT2D eigenvalue weighted by molar-refractivity contribution is 0.343. The third kappa shape index (κ3) is 4.37. The minimum atomic E-state index is -0.768. The summed E-state index contributed by atoms with van der Waals surface area (Å²) >= 11 is -0.768. The molecular formula is C25H27N4OS+. The monoisotopic (exact) mass is 431 g/mol. The molecular weight excluding hydrogens is 404 g/mol. The zero-order chi connectivity index (χ0) is 21.2. The van der Waals surface area contributed by atoms with Crippen LogP contribution in [-0.4, -0.2) is 49.9 Å². The third-order valence-electron chi connectivity index (χ3n) is 6.05. The van der Waals surface area contributed by atoms with E-state index >= 15 is 0 Å². The summed E-state index contributed by atoms with van der Waals surface area (Å²) in [5.74, 6) is 0. The van der Waals surface area contributed by atoms with Gasteiger partial charge in [0, 0.05) is 36.1 Å². The molecule has 0 amide bonds. The van der Waals surface area contributed by atoms with Gasteiger partial charge < -0.3 is 4.90 Å². The first-order valence-corrected chi connectivity index (χ1v) is 12.4. The molecule has 0 bridgehead atoms. The van der Waals surface area contributed by atoms with E-state index in [1.54, 1.807) is 6.26 Å². The fourth-order valence-corrected chi connectivity index (χ4v) is 4.81. The highest BCUT2D eigenvalue weighted by atomic mass is 32.2. The Hall–Kier alpha value is -2.67. The van der Waals surface area contributed by atoms with Gasteiger partial charge in [-0.25, -0.2) is 9.50 Å². The van der Waals surface area contributed by atoms with E-state index in [1.807, 2.05) is 47.4 Å². The van der Waals surface area contributed by atoms with Crippen molar-refractivity contribution < 1.29 is 4.55 Å². The van der Waals surface area contributed by atoms with Gasteiger partial charge in [0.05, 0.1) is 6.20 Å². The van der Waals surface area contributed by atoms with E-state index in [4.69, 9.17) is 4.98 Å². The second kappa shape index (κ2) is 8.83. The maximum Gasteiger partial charge on any atom is 0.190 e. The second-order valence-electron chi connectivity index (χ2n) is 8.17. The van der Waals surface area contributed by atoms with Crippen LogP contribution in [0.2, 0.25) is 0 Å². The number of hydrogen-bond acceptors (Lipinski definition) is 4. The first-order valence-electron chi connectivity index (χ1n) is 10.8. The average molecular weight is 432 g/mol. The number of aromatic nitrogens is 3. The van der Waals surface area contributed by atoms with Crippen LogP contribution >= 0.6 is 0 Å². The Morgan fingerprint density at radius 1 is 0.968 bits per heavy atom. The van der Waals surface area contributed by atoms with Crippen molar-refractivity contribution >= 4 is 16.8 Å². The fourth-order valence-electron chi connectivity index (χ4n) is 4.23. The molecule has 1 fully saturated rings. The van der Waals surface area contributed by atoms with E-state index in [2.05, 4.69) is 34.3 Å². The summed E-state index contributed by atoms with van der Waals surface area (Å²) in [6.07, 6.45) is 11.4. The Labute approximate surface area is 185 Å². The van der Waals surface area contributed by atoms with Crippen molar-refractivity contribution in [3.05, 3.63) is 72.7 Å². The summed E-state index contributed by atoms with van der Waals surface area (Å²) < 4.78 is 11.8. The summed E-state index contributed by atoms with van der Waals surface area (Å²) in [5, 5.41) is 4.54. The smallest absolute Gasteiger partial charge is 0.190 e. The Morgan fingerprint density at radius 3 is 2.55 bits per heavy atom. The second-order valence-corrected chi connectivity index (χ2v) is 9.60. The molecule has 158 valence electrons. The molecule has 0 saturated carbocycles. The van der Waals surface area contributed by atoms with Crippen molar-refractivity contribution in [3.8, 4) is 22.3 Å². The Kier molecular flexibility index (Phi) is 5.76. The largest absolute Gasteiger partial charge is 0.303 e.